The van der Waals surface area contributed by atoms with Gasteiger partial charge in [0.25, 0.3) is 0 Å². The fourth-order valence-electron chi connectivity index (χ4n) is 5.86. The highest BCUT2D eigenvalue weighted by Crippen LogP contribution is 2.47. The molecular formula is C30H34O. The molecule has 2 saturated carbocycles. The van der Waals surface area contributed by atoms with Crippen molar-refractivity contribution in [2.45, 2.75) is 58.0 Å². The summed E-state index contributed by atoms with van der Waals surface area (Å²) >= 11 is 0. The molecule has 2 fully saturated rings. The third kappa shape index (κ3) is 4.87. The molecule has 3 aromatic rings. The van der Waals surface area contributed by atoms with Crippen molar-refractivity contribution in [2.24, 2.45) is 17.8 Å². The fourth-order valence-corrected chi connectivity index (χ4v) is 5.86. The number of ether oxygens (including phenoxy) is 1. The summed E-state index contributed by atoms with van der Waals surface area (Å²) in [4.78, 5) is 0. The van der Waals surface area contributed by atoms with Crippen molar-refractivity contribution >= 4 is 0 Å². The average molecular weight is 411 g/mol. The molecule has 2 aliphatic rings. The molecule has 0 bridgehead atoms. The van der Waals surface area contributed by atoms with E-state index in [0.29, 0.717) is 6.61 Å². The predicted molar refractivity (Wildman–Crippen MR) is 129 cm³/mol. The average Bonchev–Trinajstić information content (AvgIpc) is 2.83. The second kappa shape index (κ2) is 9.30. The topological polar surface area (TPSA) is 9.23 Å². The minimum absolute atomic E-state index is 0.608. The minimum atomic E-state index is 0.608. The molecule has 0 saturated heterocycles. The lowest BCUT2D eigenvalue weighted by atomic mass is 9.64. The van der Waals surface area contributed by atoms with Gasteiger partial charge in [-0.1, -0.05) is 80.1 Å². The third-order valence-electron chi connectivity index (χ3n) is 7.69. The van der Waals surface area contributed by atoms with Crippen LogP contribution in [0.15, 0.2) is 78.9 Å². The van der Waals surface area contributed by atoms with Crippen LogP contribution in [0.5, 0.6) is 5.75 Å². The van der Waals surface area contributed by atoms with Crippen molar-refractivity contribution in [3.63, 3.8) is 0 Å². The molecule has 0 N–H and O–H groups in total. The van der Waals surface area contributed by atoms with E-state index in [9.17, 15) is 0 Å². The van der Waals surface area contributed by atoms with E-state index in [2.05, 4.69) is 67.6 Å². The van der Waals surface area contributed by atoms with Gasteiger partial charge in [0, 0.05) is 0 Å². The van der Waals surface area contributed by atoms with Gasteiger partial charge in [-0.25, -0.2) is 0 Å². The number of hydrogen-bond acceptors (Lipinski definition) is 1. The normalized spacial score (nSPS) is 25.6. The van der Waals surface area contributed by atoms with Gasteiger partial charge in [-0.05, 0) is 90.2 Å². The van der Waals surface area contributed by atoms with Gasteiger partial charge in [0.15, 0.2) is 0 Å². The second-order valence-electron chi connectivity index (χ2n) is 9.87. The Balaban J connectivity index is 1.20. The van der Waals surface area contributed by atoms with Gasteiger partial charge in [-0.2, -0.15) is 0 Å². The van der Waals surface area contributed by atoms with Crippen LogP contribution in [-0.4, -0.2) is 0 Å². The van der Waals surface area contributed by atoms with Gasteiger partial charge in [0.2, 0.25) is 0 Å². The van der Waals surface area contributed by atoms with Gasteiger partial charge < -0.3 is 4.74 Å². The first-order valence-corrected chi connectivity index (χ1v) is 12.1. The van der Waals surface area contributed by atoms with Gasteiger partial charge in [-0.3, -0.25) is 0 Å². The summed E-state index contributed by atoms with van der Waals surface area (Å²) in [5.74, 6) is 4.60. The molecule has 0 heterocycles. The summed E-state index contributed by atoms with van der Waals surface area (Å²) in [6, 6.07) is 28.2. The molecule has 1 nitrogen and oxygen atoms in total. The van der Waals surface area contributed by atoms with Crippen LogP contribution in [-0.2, 0) is 6.61 Å². The molecule has 4 atom stereocenters. The maximum atomic E-state index is 5.93. The van der Waals surface area contributed by atoms with Crippen LogP contribution in [0.4, 0.5) is 0 Å². The molecule has 2 aliphatic carbocycles. The lowest BCUT2D eigenvalue weighted by Gasteiger charge is -2.41. The standard InChI is InChI=1S/C30H34O/c1-22-7-8-29-20-28(14-13-27(29)19-22)26-11-9-24(10-12-26)25-15-17-30(18-16-25)31-21-23-5-3-2-4-6-23/h2-6,9-12,15-18,22,27-29H,7-8,13-14,19-21H2,1H3. The molecule has 5 rings (SSSR count). The van der Waals surface area contributed by atoms with Crippen LogP contribution >= 0.6 is 0 Å². The number of fused-ring (bicyclic) bond motifs is 1. The quantitative estimate of drug-likeness (QED) is 0.411. The van der Waals surface area contributed by atoms with E-state index in [1.54, 1.807) is 5.56 Å². The van der Waals surface area contributed by atoms with Crippen molar-refractivity contribution in [2.75, 3.05) is 0 Å². The lowest BCUT2D eigenvalue weighted by molar-refractivity contribution is 0.124. The van der Waals surface area contributed by atoms with Crippen LogP contribution in [0.25, 0.3) is 11.1 Å². The van der Waals surface area contributed by atoms with E-state index in [-0.39, 0.29) is 0 Å². The Hall–Kier alpha value is -2.54. The van der Waals surface area contributed by atoms with Gasteiger partial charge in [-0.15, -0.1) is 0 Å². The fraction of sp³-hybridized carbons (Fsp3) is 0.400. The lowest BCUT2D eigenvalue weighted by Crippen LogP contribution is -2.29. The molecule has 0 aromatic heterocycles. The van der Waals surface area contributed by atoms with Crippen molar-refractivity contribution in [1.29, 1.82) is 0 Å². The predicted octanol–water partition coefficient (Wildman–Crippen LogP) is 8.25. The zero-order chi connectivity index (χ0) is 21.0. The largest absolute Gasteiger partial charge is 0.489 e. The Labute approximate surface area is 187 Å². The van der Waals surface area contributed by atoms with E-state index >= 15 is 0 Å². The SMILES string of the molecule is CC1CCC2CC(c3ccc(-c4ccc(OCc5ccccc5)cc4)cc3)CCC2C1. The summed E-state index contributed by atoms with van der Waals surface area (Å²) < 4.78 is 5.93. The van der Waals surface area contributed by atoms with Crippen LogP contribution in [0.1, 0.15) is 62.5 Å². The Kier molecular flexibility index (Phi) is 6.11. The molecule has 4 unspecified atom stereocenters. The van der Waals surface area contributed by atoms with E-state index in [0.717, 1.165) is 29.4 Å². The smallest absolute Gasteiger partial charge is 0.119 e. The van der Waals surface area contributed by atoms with Crippen molar-refractivity contribution in [3.05, 3.63) is 90.0 Å². The third-order valence-corrected chi connectivity index (χ3v) is 7.69. The van der Waals surface area contributed by atoms with Crippen LogP contribution in [0, 0.1) is 17.8 Å². The molecule has 3 aromatic carbocycles. The second-order valence-corrected chi connectivity index (χ2v) is 9.87. The first kappa shape index (κ1) is 20.4. The van der Waals surface area contributed by atoms with Crippen molar-refractivity contribution in [1.82, 2.24) is 0 Å². The molecule has 0 amide bonds. The van der Waals surface area contributed by atoms with Gasteiger partial charge >= 0.3 is 0 Å². The van der Waals surface area contributed by atoms with E-state index in [4.69, 9.17) is 4.74 Å². The summed E-state index contributed by atoms with van der Waals surface area (Å²) in [5.41, 5.74) is 5.28. The first-order chi connectivity index (χ1) is 15.2. The highest BCUT2D eigenvalue weighted by molar-refractivity contribution is 5.64. The van der Waals surface area contributed by atoms with E-state index < -0.39 is 0 Å². The molecular weight excluding hydrogens is 376 g/mol. The summed E-state index contributed by atoms with van der Waals surface area (Å²) in [6.45, 7) is 3.06. The van der Waals surface area contributed by atoms with Gasteiger partial charge in [0.1, 0.15) is 12.4 Å². The maximum absolute atomic E-state index is 5.93. The number of hydrogen-bond donors (Lipinski definition) is 0. The number of rotatable bonds is 5. The summed E-state index contributed by atoms with van der Waals surface area (Å²) in [6.07, 6.45) is 8.59. The van der Waals surface area contributed by atoms with Crippen LogP contribution in [0.3, 0.4) is 0 Å². The maximum Gasteiger partial charge on any atom is 0.119 e. The molecule has 160 valence electrons. The zero-order valence-electron chi connectivity index (χ0n) is 18.7. The highest BCUT2D eigenvalue weighted by atomic mass is 16.5. The Morgan fingerprint density at radius 2 is 1.32 bits per heavy atom. The monoisotopic (exact) mass is 410 g/mol. The first-order valence-electron chi connectivity index (χ1n) is 12.1. The molecule has 1 heteroatoms. The Morgan fingerprint density at radius 3 is 2.06 bits per heavy atom. The van der Waals surface area contributed by atoms with E-state index in [1.807, 2.05) is 18.2 Å². The minimum Gasteiger partial charge on any atom is -0.489 e. The molecule has 0 spiro atoms. The number of benzene rings is 3. The molecule has 0 radical (unpaired) electrons. The van der Waals surface area contributed by atoms with Crippen molar-refractivity contribution in [3.8, 4) is 16.9 Å². The molecule has 0 aliphatic heterocycles. The zero-order valence-corrected chi connectivity index (χ0v) is 18.7. The molecule has 31 heavy (non-hydrogen) atoms. The van der Waals surface area contributed by atoms with E-state index in [1.165, 1.54) is 55.2 Å². The van der Waals surface area contributed by atoms with Crippen LogP contribution < -0.4 is 4.74 Å². The summed E-state index contributed by atoms with van der Waals surface area (Å²) in [7, 11) is 0. The highest BCUT2D eigenvalue weighted by Gasteiger charge is 2.34. The Bertz CT molecular complexity index is 958. The van der Waals surface area contributed by atoms with Crippen molar-refractivity contribution < 1.29 is 4.74 Å². The van der Waals surface area contributed by atoms with Crippen LogP contribution in [0.2, 0.25) is 0 Å². The summed E-state index contributed by atoms with van der Waals surface area (Å²) in [5, 5.41) is 0. The Morgan fingerprint density at radius 1 is 0.677 bits per heavy atom. The van der Waals surface area contributed by atoms with Gasteiger partial charge in [0.05, 0.1) is 0 Å².